The Morgan fingerprint density at radius 2 is 1.82 bits per heavy atom. The third-order valence-electron chi connectivity index (χ3n) is 6.10. The first-order chi connectivity index (χ1) is 16.1. The van der Waals surface area contributed by atoms with Gasteiger partial charge in [-0.05, 0) is 55.5 Å². The molecular weight excluding hydrogens is 426 g/mol. The molecule has 0 radical (unpaired) electrons. The first kappa shape index (κ1) is 21.4. The highest BCUT2D eigenvalue weighted by Gasteiger charge is 2.14. The molecule has 1 atom stereocenters. The Labute approximate surface area is 197 Å². The van der Waals surface area contributed by atoms with E-state index in [-0.39, 0.29) is 11.9 Å². The third kappa shape index (κ3) is 4.55. The van der Waals surface area contributed by atoms with Crippen molar-refractivity contribution < 1.29 is 4.79 Å². The Morgan fingerprint density at radius 3 is 2.58 bits per heavy atom. The van der Waals surface area contributed by atoms with Crippen LogP contribution in [0.15, 0.2) is 79.0 Å². The first-order valence-corrected chi connectivity index (χ1v) is 12.3. The van der Waals surface area contributed by atoms with Gasteiger partial charge in [0.15, 0.2) is 4.96 Å². The average Bonchev–Trinajstić information content (AvgIpc) is 3.41. The van der Waals surface area contributed by atoms with Crippen molar-refractivity contribution in [2.75, 3.05) is 0 Å². The number of fused-ring (bicyclic) bond motifs is 3. The van der Waals surface area contributed by atoms with E-state index < -0.39 is 0 Å². The quantitative estimate of drug-likeness (QED) is 0.304. The van der Waals surface area contributed by atoms with Crippen LogP contribution in [0.3, 0.4) is 0 Å². The summed E-state index contributed by atoms with van der Waals surface area (Å²) in [6, 6.07) is 25.0. The standard InChI is InChI=1S/C28H27N3OS/c1-3-20-11-13-22(14-12-20)24-18-31-25-16-15-23(17-26(25)33-28(31)30-24)27(32)29-19(2)9-10-21-7-5-4-6-8-21/h4-8,11-19H,3,9-10H2,1-2H3,(H,29,32)/t19-/m0/s1. The summed E-state index contributed by atoms with van der Waals surface area (Å²) in [5.74, 6) is -0.0276. The number of hydrogen-bond donors (Lipinski definition) is 1. The van der Waals surface area contributed by atoms with Crippen LogP contribution in [0.4, 0.5) is 0 Å². The molecule has 5 rings (SSSR count). The highest BCUT2D eigenvalue weighted by Crippen LogP contribution is 2.30. The lowest BCUT2D eigenvalue weighted by Gasteiger charge is -2.14. The van der Waals surface area contributed by atoms with Gasteiger partial charge in [0.1, 0.15) is 0 Å². The van der Waals surface area contributed by atoms with Crippen molar-refractivity contribution in [1.82, 2.24) is 14.7 Å². The molecule has 0 aliphatic carbocycles. The van der Waals surface area contributed by atoms with E-state index >= 15 is 0 Å². The number of imidazole rings is 1. The number of nitrogens with zero attached hydrogens (tertiary/aromatic N) is 2. The molecule has 3 aromatic carbocycles. The van der Waals surface area contributed by atoms with Crippen LogP contribution in [0, 0.1) is 0 Å². The second-order valence-corrected chi connectivity index (χ2v) is 9.52. The maximum absolute atomic E-state index is 12.8. The number of carbonyl (C=O) groups is 1. The predicted molar refractivity (Wildman–Crippen MR) is 137 cm³/mol. The van der Waals surface area contributed by atoms with Gasteiger partial charge >= 0.3 is 0 Å². The predicted octanol–water partition coefficient (Wildman–Crippen LogP) is 6.53. The summed E-state index contributed by atoms with van der Waals surface area (Å²) < 4.78 is 3.18. The second-order valence-electron chi connectivity index (χ2n) is 8.51. The van der Waals surface area contributed by atoms with Gasteiger partial charge in [-0.1, -0.05) is 72.9 Å². The zero-order valence-corrected chi connectivity index (χ0v) is 19.7. The number of nitrogens with one attached hydrogen (secondary N) is 1. The topological polar surface area (TPSA) is 46.4 Å². The minimum atomic E-state index is -0.0276. The molecule has 0 bridgehead atoms. The molecule has 1 amide bonds. The van der Waals surface area contributed by atoms with Gasteiger partial charge in [-0.25, -0.2) is 4.98 Å². The minimum Gasteiger partial charge on any atom is -0.350 e. The average molecular weight is 454 g/mol. The van der Waals surface area contributed by atoms with Gasteiger partial charge in [0, 0.05) is 23.4 Å². The smallest absolute Gasteiger partial charge is 0.251 e. The number of rotatable bonds is 7. The summed E-state index contributed by atoms with van der Waals surface area (Å²) in [7, 11) is 0. The van der Waals surface area contributed by atoms with Crippen molar-refractivity contribution in [3.05, 3.63) is 95.7 Å². The van der Waals surface area contributed by atoms with Crippen molar-refractivity contribution in [2.45, 2.75) is 39.2 Å². The van der Waals surface area contributed by atoms with Gasteiger partial charge in [-0.3, -0.25) is 9.20 Å². The third-order valence-corrected chi connectivity index (χ3v) is 7.12. The molecule has 0 saturated heterocycles. The van der Waals surface area contributed by atoms with Gasteiger partial charge in [-0.2, -0.15) is 0 Å². The van der Waals surface area contributed by atoms with E-state index in [0.717, 1.165) is 45.7 Å². The van der Waals surface area contributed by atoms with Crippen LogP contribution in [0.5, 0.6) is 0 Å². The Hall–Kier alpha value is -3.44. The number of carbonyl (C=O) groups excluding carboxylic acids is 1. The van der Waals surface area contributed by atoms with E-state index in [1.54, 1.807) is 11.3 Å². The molecule has 0 aliphatic rings. The molecular formula is C28H27N3OS. The van der Waals surface area contributed by atoms with Crippen LogP contribution in [0.2, 0.25) is 0 Å². The van der Waals surface area contributed by atoms with E-state index in [4.69, 9.17) is 4.98 Å². The number of aryl methyl sites for hydroxylation is 2. The summed E-state index contributed by atoms with van der Waals surface area (Å²) in [6.07, 6.45) is 4.98. The van der Waals surface area contributed by atoms with Crippen LogP contribution >= 0.6 is 11.3 Å². The maximum Gasteiger partial charge on any atom is 0.251 e. The Kier molecular flexibility index (Phi) is 5.97. The molecule has 0 spiro atoms. The van der Waals surface area contributed by atoms with Crippen molar-refractivity contribution in [3.63, 3.8) is 0 Å². The van der Waals surface area contributed by atoms with E-state index in [0.29, 0.717) is 5.56 Å². The number of aromatic nitrogens is 2. The van der Waals surface area contributed by atoms with E-state index in [1.807, 2.05) is 24.3 Å². The normalized spacial score (nSPS) is 12.3. The van der Waals surface area contributed by atoms with Crippen LogP contribution in [-0.2, 0) is 12.8 Å². The first-order valence-electron chi connectivity index (χ1n) is 11.5. The Morgan fingerprint density at radius 1 is 1.03 bits per heavy atom. The molecule has 33 heavy (non-hydrogen) atoms. The molecule has 2 heterocycles. The fourth-order valence-corrected chi connectivity index (χ4v) is 5.15. The Balaban J connectivity index is 1.31. The van der Waals surface area contributed by atoms with E-state index in [2.05, 4.69) is 78.3 Å². The Bertz CT molecular complexity index is 1400. The fraction of sp³-hybridized carbons (Fsp3) is 0.214. The van der Waals surface area contributed by atoms with Crippen molar-refractivity contribution in [3.8, 4) is 11.3 Å². The molecule has 0 fully saturated rings. The lowest BCUT2D eigenvalue weighted by molar-refractivity contribution is 0.0938. The van der Waals surface area contributed by atoms with Gasteiger partial charge in [0.05, 0.1) is 15.9 Å². The van der Waals surface area contributed by atoms with Gasteiger partial charge in [0.2, 0.25) is 0 Å². The van der Waals surface area contributed by atoms with Crippen LogP contribution in [-0.4, -0.2) is 21.3 Å². The number of amides is 1. The molecule has 0 unspecified atom stereocenters. The molecule has 4 nitrogen and oxygen atoms in total. The van der Waals surface area contributed by atoms with Crippen molar-refractivity contribution in [2.24, 2.45) is 0 Å². The van der Waals surface area contributed by atoms with Crippen LogP contribution in [0.1, 0.15) is 41.8 Å². The summed E-state index contributed by atoms with van der Waals surface area (Å²) in [6.45, 7) is 4.22. The molecule has 5 heteroatoms. The zero-order valence-electron chi connectivity index (χ0n) is 18.9. The van der Waals surface area contributed by atoms with Gasteiger partial charge < -0.3 is 5.32 Å². The molecule has 2 aromatic heterocycles. The number of thiazole rings is 1. The van der Waals surface area contributed by atoms with E-state index in [9.17, 15) is 4.79 Å². The lowest BCUT2D eigenvalue weighted by Crippen LogP contribution is -2.32. The molecule has 5 aromatic rings. The van der Waals surface area contributed by atoms with E-state index in [1.165, 1.54) is 11.1 Å². The molecule has 166 valence electrons. The highest BCUT2D eigenvalue weighted by molar-refractivity contribution is 7.23. The fourth-order valence-electron chi connectivity index (χ4n) is 4.10. The van der Waals surface area contributed by atoms with Gasteiger partial charge in [0.25, 0.3) is 5.91 Å². The van der Waals surface area contributed by atoms with Crippen molar-refractivity contribution >= 4 is 32.4 Å². The monoisotopic (exact) mass is 453 g/mol. The van der Waals surface area contributed by atoms with Crippen LogP contribution in [0.25, 0.3) is 26.4 Å². The van der Waals surface area contributed by atoms with Gasteiger partial charge in [-0.15, -0.1) is 0 Å². The zero-order chi connectivity index (χ0) is 22.8. The summed E-state index contributed by atoms with van der Waals surface area (Å²) in [4.78, 5) is 18.6. The number of hydrogen-bond acceptors (Lipinski definition) is 3. The minimum absolute atomic E-state index is 0.0276. The number of benzene rings is 3. The second kappa shape index (κ2) is 9.20. The lowest BCUT2D eigenvalue weighted by atomic mass is 10.1. The van der Waals surface area contributed by atoms with Crippen molar-refractivity contribution in [1.29, 1.82) is 0 Å². The van der Waals surface area contributed by atoms with Crippen LogP contribution < -0.4 is 5.32 Å². The SMILES string of the molecule is CCc1ccc(-c2cn3c(n2)sc2cc(C(=O)N[C@@H](C)CCc4ccccc4)ccc23)cc1. The highest BCUT2D eigenvalue weighted by atomic mass is 32.1. The summed E-state index contributed by atoms with van der Waals surface area (Å²) in [5.41, 5.74) is 6.48. The summed E-state index contributed by atoms with van der Waals surface area (Å²) in [5, 5.41) is 3.14. The summed E-state index contributed by atoms with van der Waals surface area (Å²) >= 11 is 1.61. The largest absolute Gasteiger partial charge is 0.350 e. The molecule has 1 N–H and O–H groups in total. The maximum atomic E-state index is 12.8. The molecule has 0 aliphatic heterocycles. The molecule has 0 saturated carbocycles.